The van der Waals surface area contributed by atoms with Gasteiger partial charge in [-0.15, -0.1) is 0 Å². The summed E-state index contributed by atoms with van der Waals surface area (Å²) in [7, 11) is -3.85. The molecule has 8 heteroatoms. The summed E-state index contributed by atoms with van der Waals surface area (Å²) >= 11 is 6.00. The van der Waals surface area contributed by atoms with Crippen molar-refractivity contribution >= 4 is 27.4 Å². The number of sulfone groups is 1. The Bertz CT molecular complexity index is 1290. The number of aromatic carboxylic acids is 1. The highest BCUT2D eigenvalue weighted by Gasteiger charge is 2.24. The summed E-state index contributed by atoms with van der Waals surface area (Å²) in [5, 5.41) is 23.6. The molecule has 1 aliphatic rings. The summed E-state index contributed by atoms with van der Waals surface area (Å²) in [5.41, 5.74) is 2.70. The minimum atomic E-state index is -3.85. The first-order chi connectivity index (χ1) is 15.7. The third kappa shape index (κ3) is 5.28. The van der Waals surface area contributed by atoms with Gasteiger partial charge in [-0.3, -0.25) is 0 Å². The highest BCUT2D eigenvalue weighted by Crippen LogP contribution is 2.28. The Morgan fingerprint density at radius 1 is 1.03 bits per heavy atom. The Kier molecular flexibility index (Phi) is 6.86. The monoisotopic (exact) mass is 485 g/mol. The fourth-order valence-electron chi connectivity index (χ4n) is 4.12. The minimum Gasteiger partial charge on any atom is -0.478 e. The van der Waals surface area contributed by atoms with E-state index in [2.05, 4.69) is 5.32 Å². The molecule has 4 rings (SSSR count). The Hall–Kier alpha value is -2.71. The van der Waals surface area contributed by atoms with Gasteiger partial charge in [-0.2, -0.15) is 0 Å². The van der Waals surface area contributed by atoms with Crippen LogP contribution in [0, 0.1) is 0 Å². The number of hydrogen-bond donors (Lipinski definition) is 3. The summed E-state index contributed by atoms with van der Waals surface area (Å²) in [4.78, 5) is 11.3. The van der Waals surface area contributed by atoms with Crippen molar-refractivity contribution < 1.29 is 23.4 Å². The molecule has 1 aliphatic carbocycles. The van der Waals surface area contributed by atoms with Crippen LogP contribution < -0.4 is 5.32 Å². The number of nitrogens with one attached hydrogen (secondary N) is 1. The second-order valence-electron chi connectivity index (χ2n) is 8.19. The van der Waals surface area contributed by atoms with Crippen LogP contribution in [0.25, 0.3) is 0 Å². The summed E-state index contributed by atoms with van der Waals surface area (Å²) in [6.45, 7) is 0.361. The Morgan fingerprint density at radius 2 is 1.79 bits per heavy atom. The average Bonchev–Trinajstić information content (AvgIpc) is 2.82. The van der Waals surface area contributed by atoms with E-state index in [0.717, 1.165) is 29.5 Å². The van der Waals surface area contributed by atoms with Crippen molar-refractivity contribution in [1.29, 1.82) is 0 Å². The van der Waals surface area contributed by atoms with Crippen LogP contribution in [-0.4, -0.2) is 37.2 Å². The molecule has 0 saturated carbocycles. The molecule has 172 valence electrons. The zero-order valence-corrected chi connectivity index (χ0v) is 19.3. The third-order valence-electron chi connectivity index (χ3n) is 5.94. The number of aliphatic hydroxyl groups excluding tert-OH is 1. The van der Waals surface area contributed by atoms with E-state index in [1.807, 2.05) is 12.1 Å². The second kappa shape index (κ2) is 9.65. The fourth-order valence-corrected chi connectivity index (χ4v) is 5.67. The second-order valence-corrected chi connectivity index (χ2v) is 10.6. The van der Waals surface area contributed by atoms with Crippen molar-refractivity contribution in [2.24, 2.45) is 0 Å². The van der Waals surface area contributed by atoms with Crippen LogP contribution in [0.2, 0.25) is 5.02 Å². The van der Waals surface area contributed by atoms with Gasteiger partial charge in [0, 0.05) is 17.6 Å². The normalized spacial score (nSPS) is 16.7. The van der Waals surface area contributed by atoms with Crippen LogP contribution >= 0.6 is 11.6 Å². The number of hydrogen-bond acceptors (Lipinski definition) is 5. The quantitative estimate of drug-likeness (QED) is 0.466. The van der Waals surface area contributed by atoms with Gasteiger partial charge in [0.1, 0.15) is 0 Å². The molecule has 33 heavy (non-hydrogen) atoms. The number of carbonyl (C=O) groups is 1. The Labute approximate surface area is 197 Å². The van der Waals surface area contributed by atoms with Crippen LogP contribution in [-0.2, 0) is 22.7 Å². The lowest BCUT2D eigenvalue weighted by molar-refractivity contribution is 0.0696. The lowest BCUT2D eigenvalue weighted by atomic mass is 9.88. The zero-order chi connectivity index (χ0) is 23.6. The Morgan fingerprint density at radius 3 is 2.55 bits per heavy atom. The number of rotatable bonds is 7. The lowest BCUT2D eigenvalue weighted by Gasteiger charge is -2.27. The Balaban J connectivity index is 1.49. The van der Waals surface area contributed by atoms with Crippen LogP contribution in [0.15, 0.2) is 76.5 Å². The first-order valence-electron chi connectivity index (χ1n) is 10.6. The maximum atomic E-state index is 13.1. The molecule has 0 saturated heterocycles. The van der Waals surface area contributed by atoms with E-state index in [0.29, 0.717) is 18.0 Å². The number of benzene rings is 3. The lowest BCUT2D eigenvalue weighted by Crippen LogP contribution is -2.37. The van der Waals surface area contributed by atoms with Crippen LogP contribution in [0.1, 0.15) is 39.6 Å². The van der Waals surface area contributed by atoms with Crippen molar-refractivity contribution in [3.63, 3.8) is 0 Å². The molecule has 0 heterocycles. The molecule has 0 amide bonds. The molecular weight excluding hydrogens is 462 g/mol. The van der Waals surface area contributed by atoms with Crippen LogP contribution in [0.5, 0.6) is 0 Å². The van der Waals surface area contributed by atoms with Crippen molar-refractivity contribution in [1.82, 2.24) is 5.32 Å². The van der Waals surface area contributed by atoms with Gasteiger partial charge in [0.05, 0.1) is 21.5 Å². The summed E-state index contributed by atoms with van der Waals surface area (Å²) < 4.78 is 26.2. The van der Waals surface area contributed by atoms with Crippen LogP contribution in [0.3, 0.4) is 0 Å². The van der Waals surface area contributed by atoms with E-state index in [4.69, 9.17) is 11.6 Å². The predicted molar refractivity (Wildman–Crippen MR) is 126 cm³/mol. The van der Waals surface area contributed by atoms with E-state index in [1.165, 1.54) is 24.3 Å². The number of carboxylic acids is 1. The fraction of sp³-hybridized carbons (Fsp3) is 0.240. The number of aliphatic hydroxyl groups is 1. The molecule has 2 atom stereocenters. The van der Waals surface area contributed by atoms with E-state index >= 15 is 0 Å². The van der Waals surface area contributed by atoms with Gasteiger partial charge in [-0.1, -0.05) is 35.9 Å². The van der Waals surface area contributed by atoms with E-state index in [-0.39, 0.29) is 21.4 Å². The van der Waals surface area contributed by atoms with Gasteiger partial charge in [0.25, 0.3) is 0 Å². The summed E-state index contributed by atoms with van der Waals surface area (Å²) in [6, 6.07) is 17.7. The smallest absolute Gasteiger partial charge is 0.335 e. The van der Waals surface area contributed by atoms with Crippen molar-refractivity contribution in [3.05, 3.63) is 94.0 Å². The topological polar surface area (TPSA) is 104 Å². The molecule has 3 aromatic rings. The molecule has 0 fully saturated rings. The molecule has 0 radical (unpaired) electrons. The molecule has 0 unspecified atom stereocenters. The highest BCUT2D eigenvalue weighted by atomic mass is 35.5. The van der Waals surface area contributed by atoms with Gasteiger partial charge < -0.3 is 15.5 Å². The average molecular weight is 486 g/mol. The number of fused-ring (bicyclic) bond motifs is 1. The highest BCUT2D eigenvalue weighted by molar-refractivity contribution is 7.91. The van der Waals surface area contributed by atoms with Crippen molar-refractivity contribution in [2.75, 3.05) is 6.54 Å². The maximum absolute atomic E-state index is 13.1. The number of carboxylic acid groups (broad SMARTS) is 1. The van der Waals surface area contributed by atoms with Crippen molar-refractivity contribution in [3.8, 4) is 0 Å². The van der Waals surface area contributed by atoms with Gasteiger partial charge in [-0.25, -0.2) is 13.2 Å². The largest absolute Gasteiger partial charge is 0.478 e. The van der Waals surface area contributed by atoms with E-state index < -0.39 is 21.9 Å². The molecule has 0 aliphatic heterocycles. The molecule has 3 N–H and O–H groups in total. The minimum absolute atomic E-state index is 0.0440. The summed E-state index contributed by atoms with van der Waals surface area (Å²) in [5.74, 6) is -1.17. The van der Waals surface area contributed by atoms with Gasteiger partial charge in [-0.05, 0) is 78.4 Å². The molecule has 0 spiro atoms. The molecule has 3 aromatic carbocycles. The standard InChI is InChI=1S/C25H24ClNO5S/c26-20-5-1-3-17(11-20)24(28)15-27-21-9-7-16-8-10-23(14-19(16)12-21)33(31,32)22-6-2-4-18(13-22)25(29)30/h1-6,8,10-11,13-14,21,24,27-28H,7,9,12,15H2,(H,29,30)/t21-,24+/m0/s1. The first-order valence-corrected chi connectivity index (χ1v) is 12.5. The zero-order valence-electron chi connectivity index (χ0n) is 17.7. The number of aryl methyl sites for hydroxylation is 1. The molecule has 0 aromatic heterocycles. The molecular formula is C25H24ClNO5S. The van der Waals surface area contributed by atoms with Crippen LogP contribution in [0.4, 0.5) is 0 Å². The van der Waals surface area contributed by atoms with Crippen molar-refractivity contribution in [2.45, 2.75) is 41.2 Å². The molecule has 6 nitrogen and oxygen atoms in total. The molecule has 0 bridgehead atoms. The first kappa shape index (κ1) is 23.4. The van der Waals surface area contributed by atoms with E-state index in [1.54, 1.807) is 30.3 Å². The SMILES string of the molecule is O=C(O)c1cccc(S(=O)(=O)c2ccc3c(c2)C[C@@H](NC[C@@H](O)c2cccc(Cl)c2)CC3)c1. The third-order valence-corrected chi connectivity index (χ3v) is 7.93. The predicted octanol–water partition coefficient (Wildman–Crippen LogP) is 4.05. The van der Waals surface area contributed by atoms with Gasteiger partial charge in [0.15, 0.2) is 0 Å². The van der Waals surface area contributed by atoms with E-state index in [9.17, 15) is 23.4 Å². The van der Waals surface area contributed by atoms with Gasteiger partial charge in [0.2, 0.25) is 9.84 Å². The summed E-state index contributed by atoms with van der Waals surface area (Å²) in [6.07, 6.45) is 1.62. The maximum Gasteiger partial charge on any atom is 0.335 e. The number of halogens is 1. The van der Waals surface area contributed by atoms with Gasteiger partial charge >= 0.3 is 5.97 Å².